The number of aromatic nitrogens is 3. The van der Waals surface area contributed by atoms with Gasteiger partial charge in [-0.3, -0.25) is 29.6 Å². The van der Waals surface area contributed by atoms with Crippen LogP contribution in [0.25, 0.3) is 28.1 Å². The van der Waals surface area contributed by atoms with E-state index in [0.29, 0.717) is 41.7 Å². The molecule has 2 aromatic heterocycles. The van der Waals surface area contributed by atoms with Gasteiger partial charge in [-0.2, -0.15) is 17.8 Å². The van der Waals surface area contributed by atoms with Gasteiger partial charge in [0, 0.05) is 129 Å². The zero-order valence-electron chi connectivity index (χ0n) is 34.8. The second-order valence-electron chi connectivity index (χ2n) is 16.7. The first-order valence-corrected chi connectivity index (χ1v) is 23.2. The van der Waals surface area contributed by atoms with Gasteiger partial charge in [0.15, 0.2) is 5.82 Å². The Hall–Kier alpha value is -5.62. The summed E-state index contributed by atoms with van der Waals surface area (Å²) < 4.78 is 61.4. The SMILES string of the molecule is C[C@@H]1CN(c2ccc(-n3cc(-c4cc(Cl)cc(NS(=O)(=O)N5CC[C@@H](F)C5)c4F)c(-c4ccncc4)n3)cc2)CCN1CC1CCN(c2ccc(N3CCC(=O)NC3=O)cc2)CC1. The maximum absolute atomic E-state index is 16.4. The van der Waals surface area contributed by atoms with Gasteiger partial charge >= 0.3 is 16.2 Å². The van der Waals surface area contributed by atoms with E-state index in [1.807, 2.05) is 24.3 Å². The van der Waals surface area contributed by atoms with E-state index >= 15 is 4.39 Å². The first-order chi connectivity index (χ1) is 30.4. The van der Waals surface area contributed by atoms with E-state index in [-0.39, 0.29) is 47.7 Å². The van der Waals surface area contributed by atoms with Crippen molar-refractivity contribution in [2.24, 2.45) is 5.92 Å². The van der Waals surface area contributed by atoms with Gasteiger partial charge in [0.1, 0.15) is 11.9 Å². The number of urea groups is 1. The van der Waals surface area contributed by atoms with Crippen LogP contribution in [0.5, 0.6) is 0 Å². The number of piperazine rings is 1. The fourth-order valence-corrected chi connectivity index (χ4v) is 10.5. The van der Waals surface area contributed by atoms with Crippen LogP contribution in [0.3, 0.4) is 0 Å². The van der Waals surface area contributed by atoms with E-state index in [0.717, 1.165) is 79.2 Å². The van der Waals surface area contributed by atoms with E-state index in [4.69, 9.17) is 16.7 Å². The van der Waals surface area contributed by atoms with Crippen LogP contribution in [0.15, 0.2) is 91.4 Å². The number of alkyl halides is 1. The number of benzene rings is 3. The van der Waals surface area contributed by atoms with Crippen molar-refractivity contribution in [3.8, 4) is 28.1 Å². The van der Waals surface area contributed by atoms with Crippen LogP contribution in [0.1, 0.15) is 32.6 Å². The summed E-state index contributed by atoms with van der Waals surface area (Å²) in [7, 11) is -4.24. The highest BCUT2D eigenvalue weighted by molar-refractivity contribution is 7.90. The summed E-state index contributed by atoms with van der Waals surface area (Å²) in [4.78, 5) is 37.0. The molecule has 18 heteroatoms. The van der Waals surface area contributed by atoms with Crippen LogP contribution in [0, 0.1) is 11.7 Å². The third kappa shape index (κ3) is 9.23. The third-order valence-electron chi connectivity index (χ3n) is 12.6. The monoisotopic (exact) mass is 898 g/mol. The molecule has 0 bridgehead atoms. The highest BCUT2D eigenvalue weighted by Gasteiger charge is 2.33. The number of amides is 3. The van der Waals surface area contributed by atoms with Gasteiger partial charge in [-0.1, -0.05) is 11.6 Å². The van der Waals surface area contributed by atoms with Crippen LogP contribution in [0.2, 0.25) is 5.02 Å². The van der Waals surface area contributed by atoms with Crippen LogP contribution >= 0.6 is 11.6 Å². The third-order valence-corrected chi connectivity index (χ3v) is 14.3. The molecule has 5 aromatic rings. The number of rotatable bonds is 11. The molecule has 3 aromatic carbocycles. The molecular weight excluding hydrogens is 850 g/mol. The summed E-state index contributed by atoms with van der Waals surface area (Å²) in [5.41, 5.74) is 5.00. The minimum atomic E-state index is -4.24. The molecule has 9 rings (SSSR count). The molecule has 0 saturated carbocycles. The predicted molar refractivity (Wildman–Crippen MR) is 241 cm³/mol. The summed E-state index contributed by atoms with van der Waals surface area (Å²) >= 11 is 6.48. The molecule has 0 unspecified atom stereocenters. The smallest absolute Gasteiger partial charge is 0.328 e. The molecule has 4 fully saturated rings. The number of hydrogen-bond acceptors (Lipinski definition) is 9. The molecule has 14 nitrogen and oxygen atoms in total. The molecule has 330 valence electrons. The fraction of sp³-hybridized carbons (Fsp3) is 0.378. The minimum absolute atomic E-state index is 0.00530. The Kier molecular flexibility index (Phi) is 12.1. The van der Waals surface area contributed by atoms with Gasteiger partial charge in [-0.25, -0.2) is 18.3 Å². The quantitative estimate of drug-likeness (QED) is 0.144. The molecule has 2 N–H and O–H groups in total. The predicted octanol–water partition coefficient (Wildman–Crippen LogP) is 6.97. The number of nitrogens with one attached hydrogen (secondary N) is 2. The Balaban J connectivity index is 0.839. The van der Waals surface area contributed by atoms with Gasteiger partial charge in [-0.05, 0) is 105 Å². The lowest BCUT2D eigenvalue weighted by Gasteiger charge is -2.43. The number of piperidine rings is 1. The molecular formula is C45H49ClF2N10O4S. The Morgan fingerprint density at radius 3 is 2.16 bits per heavy atom. The number of imide groups is 1. The van der Waals surface area contributed by atoms with E-state index < -0.39 is 22.2 Å². The largest absolute Gasteiger partial charge is 0.372 e. The fourth-order valence-electron chi connectivity index (χ4n) is 9.07. The Morgan fingerprint density at radius 1 is 0.810 bits per heavy atom. The van der Waals surface area contributed by atoms with E-state index in [1.54, 1.807) is 40.3 Å². The maximum Gasteiger partial charge on any atom is 0.328 e. The van der Waals surface area contributed by atoms with Crippen molar-refractivity contribution < 1.29 is 26.8 Å². The topological polar surface area (TPSA) is 139 Å². The average Bonchev–Trinajstić information content (AvgIpc) is 3.94. The Bertz CT molecular complexity index is 2580. The number of carbonyl (C=O) groups excluding carboxylic acids is 2. The molecule has 4 aliphatic rings. The normalized spacial score (nSPS) is 20.7. The van der Waals surface area contributed by atoms with Gasteiger partial charge < -0.3 is 9.80 Å². The Labute approximate surface area is 370 Å². The molecule has 0 radical (unpaired) electrons. The van der Waals surface area contributed by atoms with Gasteiger partial charge in [-0.15, -0.1) is 0 Å². The first kappa shape index (κ1) is 42.7. The maximum atomic E-state index is 16.4. The first-order valence-electron chi connectivity index (χ1n) is 21.4. The molecule has 0 aliphatic carbocycles. The lowest BCUT2D eigenvalue weighted by atomic mass is 9.94. The van der Waals surface area contributed by atoms with Crippen LogP contribution in [-0.4, -0.2) is 115 Å². The minimum Gasteiger partial charge on any atom is -0.372 e. The zero-order chi connectivity index (χ0) is 43.8. The number of carbonyl (C=O) groups is 2. The second-order valence-corrected chi connectivity index (χ2v) is 18.9. The van der Waals surface area contributed by atoms with E-state index in [9.17, 15) is 22.4 Å². The molecule has 4 saturated heterocycles. The van der Waals surface area contributed by atoms with E-state index in [2.05, 4.69) is 60.9 Å². The van der Waals surface area contributed by atoms with E-state index in [1.165, 1.54) is 12.1 Å². The molecule has 0 spiro atoms. The number of nitrogens with zero attached hydrogens (tertiary/aromatic N) is 8. The van der Waals surface area contributed by atoms with Gasteiger partial charge in [0.2, 0.25) is 5.91 Å². The second kappa shape index (κ2) is 17.9. The molecule has 63 heavy (non-hydrogen) atoms. The average molecular weight is 899 g/mol. The highest BCUT2D eigenvalue weighted by Crippen LogP contribution is 2.39. The standard InChI is InChI=1S/C45H49ClF2N10O4S/c1-30-26-55(23-22-54(30)27-31-12-18-53(19-13-31)35-2-6-37(7-3-35)57-21-15-42(59)50-45(57)60)36-4-8-38(9-5-36)58-29-40(44(51-58)32-10-16-49-17-11-32)39-24-33(46)25-41(43(39)48)52-63(61,62)56-20-14-34(47)28-56/h2-11,16-17,24-25,29-31,34,52H,12-15,18-23,26-28H2,1H3,(H,50,59,60)/t30-,34-/m1/s1. The Morgan fingerprint density at radius 2 is 1.49 bits per heavy atom. The number of halogens is 3. The molecule has 3 amide bonds. The molecule has 6 heterocycles. The summed E-state index contributed by atoms with van der Waals surface area (Å²) in [6, 6.07) is 22.3. The van der Waals surface area contributed by atoms with Crippen LogP contribution < -0.4 is 24.7 Å². The van der Waals surface area contributed by atoms with Crippen molar-refractivity contribution in [2.75, 3.05) is 78.3 Å². The zero-order valence-corrected chi connectivity index (χ0v) is 36.4. The van der Waals surface area contributed by atoms with Crippen molar-refractivity contribution in [1.82, 2.24) is 29.3 Å². The van der Waals surface area contributed by atoms with Gasteiger partial charge in [0.25, 0.3) is 0 Å². The van der Waals surface area contributed by atoms with Gasteiger partial charge in [0.05, 0.1) is 11.4 Å². The lowest BCUT2D eigenvalue weighted by Crippen LogP contribution is -2.53. The number of pyridine rings is 1. The summed E-state index contributed by atoms with van der Waals surface area (Å²) in [6.45, 7) is 8.12. The van der Waals surface area contributed by atoms with Crippen LogP contribution in [0.4, 0.5) is 36.3 Å². The van der Waals surface area contributed by atoms with Crippen molar-refractivity contribution in [3.63, 3.8) is 0 Å². The molecule has 2 atom stereocenters. The number of hydrogen-bond donors (Lipinski definition) is 2. The van der Waals surface area contributed by atoms with Crippen molar-refractivity contribution >= 4 is 56.5 Å². The molecule has 4 aliphatic heterocycles. The summed E-state index contributed by atoms with van der Waals surface area (Å²) in [6.07, 6.45) is 6.25. The van der Waals surface area contributed by atoms with Crippen molar-refractivity contribution in [1.29, 1.82) is 0 Å². The number of anilines is 4. The lowest BCUT2D eigenvalue weighted by molar-refractivity contribution is -0.120. The highest BCUT2D eigenvalue weighted by atomic mass is 35.5. The summed E-state index contributed by atoms with van der Waals surface area (Å²) in [5, 5.41) is 7.38. The van der Waals surface area contributed by atoms with Crippen molar-refractivity contribution in [2.45, 2.75) is 44.8 Å². The van der Waals surface area contributed by atoms with Crippen LogP contribution in [-0.2, 0) is 15.0 Å². The van der Waals surface area contributed by atoms with Crippen molar-refractivity contribution in [3.05, 3.63) is 102 Å². The summed E-state index contributed by atoms with van der Waals surface area (Å²) in [5.74, 6) is -0.466.